The van der Waals surface area contributed by atoms with Gasteiger partial charge in [0.25, 0.3) is 0 Å². The van der Waals surface area contributed by atoms with Crippen LogP contribution in [0.5, 0.6) is 0 Å². The zero-order chi connectivity index (χ0) is 24.7. The molecular weight excluding hydrogens is 480 g/mol. The van der Waals surface area contributed by atoms with Crippen molar-refractivity contribution in [3.05, 3.63) is 102 Å². The van der Waals surface area contributed by atoms with E-state index in [0.29, 0.717) is 37.0 Å². The highest BCUT2D eigenvalue weighted by molar-refractivity contribution is 7.90. The van der Waals surface area contributed by atoms with Gasteiger partial charge in [0.1, 0.15) is 5.69 Å². The molecule has 4 aromatic rings. The van der Waals surface area contributed by atoms with Gasteiger partial charge in [-0.25, -0.2) is 13.1 Å². The topological polar surface area (TPSA) is 70.4 Å². The van der Waals surface area contributed by atoms with Crippen LogP contribution in [-0.2, 0) is 25.9 Å². The van der Waals surface area contributed by atoms with Crippen LogP contribution >= 0.6 is 12.2 Å². The van der Waals surface area contributed by atoms with Gasteiger partial charge in [0.15, 0.2) is 9.84 Å². The number of para-hydroxylation sites is 1. The van der Waals surface area contributed by atoms with E-state index in [1.807, 2.05) is 66.7 Å². The van der Waals surface area contributed by atoms with Crippen molar-refractivity contribution in [1.29, 1.82) is 0 Å². The van der Waals surface area contributed by atoms with E-state index < -0.39 is 9.84 Å². The number of aromatic nitrogens is 2. The third-order valence-electron chi connectivity index (χ3n) is 5.28. The summed E-state index contributed by atoms with van der Waals surface area (Å²) in [5.41, 5.74) is 4.13. The molecule has 1 aromatic heterocycles. The molecule has 0 saturated heterocycles. The maximum Gasteiger partial charge on any atom is 0.212 e. The Morgan fingerprint density at radius 2 is 1.57 bits per heavy atom. The number of nitrogens with zero attached hydrogens (tertiary/aromatic N) is 2. The van der Waals surface area contributed by atoms with Gasteiger partial charge in [0.2, 0.25) is 5.05 Å². The Kier molecular flexibility index (Phi) is 8.07. The molecule has 0 aliphatic rings. The van der Waals surface area contributed by atoms with Gasteiger partial charge in [-0.3, -0.25) is 0 Å². The largest absolute Gasteiger partial charge is 0.482 e. The fraction of sp³-hybridized carbons (Fsp3) is 0.185. The minimum atomic E-state index is -3.28. The molecule has 0 amide bonds. The summed E-state index contributed by atoms with van der Waals surface area (Å²) in [6, 6.07) is 28.3. The van der Waals surface area contributed by atoms with Crippen LogP contribution in [0.15, 0.2) is 95.9 Å². The number of sulfone groups is 1. The van der Waals surface area contributed by atoms with Crippen molar-refractivity contribution in [3.63, 3.8) is 0 Å². The highest BCUT2D eigenvalue weighted by atomic mass is 32.2. The molecule has 0 fully saturated rings. The summed E-state index contributed by atoms with van der Waals surface area (Å²) in [7, 11) is -3.28. The van der Waals surface area contributed by atoms with Crippen LogP contribution < -0.4 is 0 Å². The lowest BCUT2D eigenvalue weighted by Gasteiger charge is -2.08. The summed E-state index contributed by atoms with van der Waals surface area (Å²) < 4.78 is 36.9. The Morgan fingerprint density at radius 3 is 2.23 bits per heavy atom. The van der Waals surface area contributed by atoms with Crippen LogP contribution in [0.1, 0.15) is 17.7 Å². The molecule has 4 rings (SSSR count). The first-order valence-corrected chi connectivity index (χ1v) is 13.5. The minimum absolute atomic E-state index is 0.264. The predicted octanol–water partition coefficient (Wildman–Crippen LogP) is 5.24. The SMILES string of the molecule is CS(=O)(=O)c1ccc(-c2cc(C(=S)OCCCOCc3ccccc3)nn2-c2ccccc2)cc1. The van der Waals surface area contributed by atoms with E-state index in [-0.39, 0.29) is 4.90 Å². The van der Waals surface area contributed by atoms with E-state index in [1.165, 1.54) is 6.26 Å². The van der Waals surface area contributed by atoms with Crippen LogP contribution in [0.3, 0.4) is 0 Å². The van der Waals surface area contributed by atoms with Crippen molar-refractivity contribution < 1.29 is 17.9 Å². The van der Waals surface area contributed by atoms with Crippen molar-refractivity contribution in [3.8, 4) is 16.9 Å². The van der Waals surface area contributed by atoms with Crippen LogP contribution in [0.4, 0.5) is 0 Å². The number of hydrogen-bond acceptors (Lipinski definition) is 6. The second-order valence-electron chi connectivity index (χ2n) is 7.99. The quantitative estimate of drug-likeness (QED) is 0.216. The van der Waals surface area contributed by atoms with E-state index in [2.05, 4.69) is 5.10 Å². The summed E-state index contributed by atoms with van der Waals surface area (Å²) in [4.78, 5) is 0.264. The second-order valence-corrected chi connectivity index (χ2v) is 10.4. The first-order valence-electron chi connectivity index (χ1n) is 11.2. The molecule has 180 valence electrons. The van der Waals surface area contributed by atoms with E-state index in [1.54, 1.807) is 28.9 Å². The van der Waals surface area contributed by atoms with Crippen LogP contribution in [-0.4, -0.2) is 42.7 Å². The lowest BCUT2D eigenvalue weighted by molar-refractivity contribution is 0.106. The number of ether oxygens (including phenoxy) is 2. The maximum atomic E-state index is 11.8. The molecule has 1 heterocycles. The smallest absolute Gasteiger partial charge is 0.212 e. The minimum Gasteiger partial charge on any atom is -0.482 e. The maximum absolute atomic E-state index is 11.8. The standard InChI is InChI=1S/C27H26N2O4S2/c1-35(30,31)24-15-13-22(14-16-24)26-19-25(28-29(26)23-11-6-3-7-12-23)27(34)33-18-8-17-32-20-21-9-4-2-5-10-21/h2-7,9-16,19H,8,17-18,20H2,1H3. The molecule has 35 heavy (non-hydrogen) atoms. The van der Waals surface area contributed by atoms with Gasteiger partial charge in [-0.15, -0.1) is 0 Å². The van der Waals surface area contributed by atoms with Gasteiger partial charge in [-0.1, -0.05) is 60.7 Å². The van der Waals surface area contributed by atoms with Crippen LogP contribution in [0.25, 0.3) is 16.9 Å². The average Bonchev–Trinajstić information content (AvgIpc) is 3.32. The third kappa shape index (κ3) is 6.63. The molecule has 0 spiro atoms. The van der Waals surface area contributed by atoms with Crippen LogP contribution in [0, 0.1) is 0 Å². The van der Waals surface area contributed by atoms with Crippen molar-refractivity contribution in [2.24, 2.45) is 0 Å². The Hall–Kier alpha value is -3.33. The molecule has 0 N–H and O–H groups in total. The molecule has 0 saturated carbocycles. The van der Waals surface area contributed by atoms with E-state index >= 15 is 0 Å². The van der Waals surface area contributed by atoms with E-state index in [0.717, 1.165) is 22.5 Å². The number of rotatable bonds is 10. The third-order valence-corrected chi connectivity index (χ3v) is 6.73. The van der Waals surface area contributed by atoms with Gasteiger partial charge in [-0.05, 0) is 48.1 Å². The van der Waals surface area contributed by atoms with Gasteiger partial charge in [0.05, 0.1) is 36.1 Å². The normalized spacial score (nSPS) is 11.3. The molecule has 3 aromatic carbocycles. The van der Waals surface area contributed by atoms with Crippen molar-refractivity contribution in [1.82, 2.24) is 9.78 Å². The average molecular weight is 507 g/mol. The summed E-state index contributed by atoms with van der Waals surface area (Å²) in [5, 5.41) is 4.99. The summed E-state index contributed by atoms with van der Waals surface area (Å²) in [6.07, 6.45) is 1.89. The summed E-state index contributed by atoms with van der Waals surface area (Å²) in [6.45, 7) is 1.55. The molecule has 0 atom stereocenters. The molecule has 0 unspecified atom stereocenters. The van der Waals surface area contributed by atoms with Gasteiger partial charge >= 0.3 is 0 Å². The fourth-order valence-corrected chi connectivity index (χ4v) is 4.30. The Morgan fingerprint density at radius 1 is 0.914 bits per heavy atom. The van der Waals surface area contributed by atoms with E-state index in [4.69, 9.17) is 21.7 Å². The van der Waals surface area contributed by atoms with E-state index in [9.17, 15) is 8.42 Å². The molecular formula is C27H26N2O4S2. The first-order chi connectivity index (χ1) is 16.9. The van der Waals surface area contributed by atoms with Crippen molar-refractivity contribution in [2.75, 3.05) is 19.5 Å². The fourth-order valence-electron chi connectivity index (χ4n) is 3.49. The summed E-state index contributed by atoms with van der Waals surface area (Å²) >= 11 is 5.50. The monoisotopic (exact) mass is 506 g/mol. The zero-order valence-electron chi connectivity index (χ0n) is 19.3. The lowest BCUT2D eigenvalue weighted by Crippen LogP contribution is -2.09. The Labute approximate surface area is 211 Å². The van der Waals surface area contributed by atoms with Crippen LogP contribution in [0.2, 0.25) is 0 Å². The van der Waals surface area contributed by atoms with Crippen molar-refractivity contribution in [2.45, 2.75) is 17.9 Å². The second kappa shape index (κ2) is 11.4. The predicted molar refractivity (Wildman–Crippen MR) is 140 cm³/mol. The highest BCUT2D eigenvalue weighted by Crippen LogP contribution is 2.26. The molecule has 6 nitrogen and oxygen atoms in total. The number of hydrogen-bond donors (Lipinski definition) is 0. The summed E-state index contributed by atoms with van der Waals surface area (Å²) in [5.74, 6) is 0. The van der Waals surface area contributed by atoms with Gasteiger partial charge in [-0.2, -0.15) is 5.10 Å². The number of thiocarbonyl (C=S) groups is 1. The van der Waals surface area contributed by atoms with Gasteiger partial charge in [0, 0.05) is 18.2 Å². The number of benzene rings is 3. The van der Waals surface area contributed by atoms with Gasteiger partial charge < -0.3 is 9.47 Å². The molecule has 8 heteroatoms. The Bertz CT molecular complexity index is 1370. The first kappa shape index (κ1) is 24.8. The molecule has 0 bridgehead atoms. The molecule has 0 aliphatic carbocycles. The molecule has 0 radical (unpaired) electrons. The zero-order valence-corrected chi connectivity index (χ0v) is 21.0. The lowest BCUT2D eigenvalue weighted by atomic mass is 10.1. The molecule has 0 aliphatic heterocycles. The Balaban J connectivity index is 1.44. The van der Waals surface area contributed by atoms with Crippen molar-refractivity contribution >= 4 is 27.1 Å². The highest BCUT2D eigenvalue weighted by Gasteiger charge is 2.16.